The molecule has 0 radical (unpaired) electrons. The van der Waals surface area contributed by atoms with Gasteiger partial charge in [-0.05, 0) is 44.4 Å². The van der Waals surface area contributed by atoms with Crippen molar-refractivity contribution < 1.29 is 0 Å². The highest BCUT2D eigenvalue weighted by Gasteiger charge is 1.91. The van der Waals surface area contributed by atoms with Crippen molar-refractivity contribution in [2.75, 3.05) is 25.1 Å². The van der Waals surface area contributed by atoms with Crippen LogP contribution in [0, 0.1) is 0 Å². The second-order valence-electron chi connectivity index (χ2n) is 4.57. The fourth-order valence-corrected chi connectivity index (χ4v) is 2.32. The molecule has 0 aliphatic carbocycles. The predicted octanol–water partition coefficient (Wildman–Crippen LogP) is 4.47. The molecule has 16 heavy (non-hydrogen) atoms. The maximum Gasteiger partial charge on any atom is -0.00489 e. The molecule has 0 rings (SSSR count). The van der Waals surface area contributed by atoms with Crippen molar-refractivity contribution in [3.05, 3.63) is 0 Å². The molecule has 1 nitrogen and oxygen atoms in total. The van der Waals surface area contributed by atoms with Crippen LogP contribution < -0.4 is 5.32 Å². The van der Waals surface area contributed by atoms with E-state index in [-0.39, 0.29) is 0 Å². The van der Waals surface area contributed by atoms with E-state index in [1.54, 1.807) is 0 Å². The van der Waals surface area contributed by atoms with Crippen molar-refractivity contribution in [3.8, 4) is 0 Å². The molecule has 0 aromatic carbocycles. The second kappa shape index (κ2) is 15.3. The van der Waals surface area contributed by atoms with Crippen LogP contribution in [0.3, 0.4) is 0 Å². The first kappa shape index (κ1) is 16.3. The Kier molecular flexibility index (Phi) is 15.6. The summed E-state index contributed by atoms with van der Waals surface area (Å²) in [6, 6.07) is 0. The maximum absolute atomic E-state index is 3.55. The smallest absolute Gasteiger partial charge is 0.00489 e. The van der Waals surface area contributed by atoms with Crippen LogP contribution in [0.4, 0.5) is 0 Å². The molecule has 0 amide bonds. The van der Waals surface area contributed by atoms with Crippen LogP contribution in [0.5, 0.6) is 0 Å². The van der Waals surface area contributed by atoms with Crippen molar-refractivity contribution in [1.29, 1.82) is 0 Å². The third-order valence-corrected chi connectivity index (χ3v) is 3.61. The molecule has 2 heteroatoms. The zero-order valence-electron chi connectivity index (χ0n) is 11.4. The van der Waals surface area contributed by atoms with Gasteiger partial charge in [0.25, 0.3) is 0 Å². The lowest BCUT2D eigenvalue weighted by molar-refractivity contribution is 0.557. The van der Waals surface area contributed by atoms with Gasteiger partial charge in [-0.25, -0.2) is 0 Å². The van der Waals surface area contributed by atoms with E-state index in [4.69, 9.17) is 0 Å². The van der Waals surface area contributed by atoms with Gasteiger partial charge in [0.1, 0.15) is 0 Å². The number of hydrogen-bond acceptors (Lipinski definition) is 2. The number of thioether (sulfide) groups is 1. The zero-order valence-corrected chi connectivity index (χ0v) is 12.2. The Hall–Kier alpha value is 0.310. The van der Waals surface area contributed by atoms with Gasteiger partial charge >= 0.3 is 0 Å². The van der Waals surface area contributed by atoms with E-state index in [0.29, 0.717) is 0 Å². The van der Waals surface area contributed by atoms with Crippen molar-refractivity contribution in [2.24, 2.45) is 0 Å². The minimum atomic E-state index is 1.23. The monoisotopic (exact) mass is 245 g/mol. The summed E-state index contributed by atoms with van der Waals surface area (Å²) in [5.74, 6) is 1.33. The Balaban J connectivity index is 2.83. The number of nitrogens with one attached hydrogen (secondary N) is 1. The van der Waals surface area contributed by atoms with Crippen LogP contribution in [0.1, 0.15) is 64.7 Å². The molecular weight excluding hydrogens is 214 g/mol. The van der Waals surface area contributed by atoms with Gasteiger partial charge in [0.05, 0.1) is 0 Å². The van der Waals surface area contributed by atoms with Crippen LogP contribution in [0.25, 0.3) is 0 Å². The van der Waals surface area contributed by atoms with Gasteiger partial charge in [0.15, 0.2) is 0 Å². The molecule has 98 valence electrons. The lowest BCUT2D eigenvalue weighted by Crippen LogP contribution is -2.16. The largest absolute Gasteiger partial charge is 0.317 e. The van der Waals surface area contributed by atoms with Crippen LogP contribution in [-0.4, -0.2) is 25.1 Å². The third-order valence-electron chi connectivity index (χ3n) is 2.91. The Morgan fingerprint density at radius 2 is 1.31 bits per heavy atom. The van der Waals surface area contributed by atoms with E-state index < -0.39 is 0 Å². The van der Waals surface area contributed by atoms with Crippen LogP contribution in [0.2, 0.25) is 0 Å². The quantitative estimate of drug-likeness (QED) is 0.481. The lowest BCUT2D eigenvalue weighted by atomic mass is 10.1. The van der Waals surface area contributed by atoms with Crippen molar-refractivity contribution in [1.82, 2.24) is 5.32 Å². The molecule has 0 unspecified atom stereocenters. The fraction of sp³-hybridized carbons (Fsp3) is 1.00. The summed E-state index contributed by atoms with van der Waals surface area (Å²) in [4.78, 5) is 0. The molecule has 0 fully saturated rings. The first-order valence-corrected chi connectivity index (χ1v) is 8.50. The fourth-order valence-electron chi connectivity index (χ4n) is 1.83. The molecule has 0 atom stereocenters. The normalized spacial score (nSPS) is 10.9. The molecule has 0 bridgehead atoms. The van der Waals surface area contributed by atoms with Crippen LogP contribution >= 0.6 is 11.8 Å². The van der Waals surface area contributed by atoms with Gasteiger partial charge in [0, 0.05) is 0 Å². The summed E-state index contributed by atoms with van der Waals surface area (Å²) in [7, 11) is 0. The summed E-state index contributed by atoms with van der Waals surface area (Å²) in [5, 5.41) is 3.55. The summed E-state index contributed by atoms with van der Waals surface area (Å²) < 4.78 is 0. The SMILES string of the molecule is CCCCCCCCNCCCCCSC. The Bertz CT molecular complexity index is 103. The van der Waals surface area contributed by atoms with Gasteiger partial charge in [-0.2, -0.15) is 11.8 Å². The summed E-state index contributed by atoms with van der Waals surface area (Å²) in [6.07, 6.45) is 14.8. The highest BCUT2D eigenvalue weighted by Crippen LogP contribution is 2.04. The van der Waals surface area contributed by atoms with E-state index in [1.807, 2.05) is 11.8 Å². The average molecular weight is 245 g/mol. The lowest BCUT2D eigenvalue weighted by Gasteiger charge is -2.04. The minimum absolute atomic E-state index is 1.23. The van der Waals surface area contributed by atoms with Crippen molar-refractivity contribution in [2.45, 2.75) is 64.7 Å². The molecule has 0 saturated heterocycles. The highest BCUT2D eigenvalue weighted by atomic mass is 32.2. The molecule has 0 spiro atoms. The maximum atomic E-state index is 3.55. The van der Waals surface area contributed by atoms with Crippen molar-refractivity contribution >= 4 is 11.8 Å². The molecule has 0 saturated carbocycles. The molecule has 0 aliphatic rings. The van der Waals surface area contributed by atoms with Gasteiger partial charge in [0.2, 0.25) is 0 Å². The first-order valence-electron chi connectivity index (χ1n) is 7.11. The standard InChI is InChI=1S/C14H31NS/c1-3-4-5-6-7-9-12-15-13-10-8-11-14-16-2/h15H,3-14H2,1-2H3. The highest BCUT2D eigenvalue weighted by molar-refractivity contribution is 7.98. The number of unbranched alkanes of at least 4 members (excludes halogenated alkanes) is 7. The molecule has 0 aromatic rings. The average Bonchev–Trinajstić information content (AvgIpc) is 2.31. The van der Waals surface area contributed by atoms with Crippen LogP contribution in [0.15, 0.2) is 0 Å². The van der Waals surface area contributed by atoms with Crippen LogP contribution in [-0.2, 0) is 0 Å². The summed E-state index contributed by atoms with van der Waals surface area (Å²) >= 11 is 1.96. The minimum Gasteiger partial charge on any atom is -0.317 e. The van der Waals surface area contributed by atoms with E-state index in [0.717, 1.165) is 0 Å². The van der Waals surface area contributed by atoms with E-state index >= 15 is 0 Å². The predicted molar refractivity (Wildman–Crippen MR) is 78.5 cm³/mol. The van der Waals surface area contributed by atoms with Crippen molar-refractivity contribution in [3.63, 3.8) is 0 Å². The third kappa shape index (κ3) is 14.3. The van der Waals surface area contributed by atoms with Gasteiger partial charge in [-0.3, -0.25) is 0 Å². The van der Waals surface area contributed by atoms with E-state index in [9.17, 15) is 0 Å². The zero-order chi connectivity index (χ0) is 11.9. The summed E-state index contributed by atoms with van der Waals surface area (Å²) in [5.41, 5.74) is 0. The topological polar surface area (TPSA) is 12.0 Å². The molecule has 0 aromatic heterocycles. The first-order chi connectivity index (χ1) is 7.91. The Morgan fingerprint density at radius 3 is 1.94 bits per heavy atom. The number of hydrogen-bond donors (Lipinski definition) is 1. The molecular formula is C14H31NS. The second-order valence-corrected chi connectivity index (χ2v) is 5.56. The summed E-state index contributed by atoms with van der Waals surface area (Å²) in [6.45, 7) is 4.73. The Labute approximate surface area is 107 Å². The Morgan fingerprint density at radius 1 is 0.750 bits per heavy atom. The molecule has 0 aliphatic heterocycles. The number of rotatable bonds is 13. The van der Waals surface area contributed by atoms with Gasteiger partial charge in [-0.15, -0.1) is 0 Å². The van der Waals surface area contributed by atoms with E-state index in [2.05, 4.69) is 18.5 Å². The van der Waals surface area contributed by atoms with Gasteiger partial charge in [-0.1, -0.05) is 45.4 Å². The molecule has 0 heterocycles. The van der Waals surface area contributed by atoms with E-state index in [1.165, 1.54) is 76.6 Å². The van der Waals surface area contributed by atoms with Gasteiger partial charge < -0.3 is 5.32 Å². The molecule has 1 N–H and O–H groups in total.